The standard InChI is InChI=1S/C23H19FN4O2/c24-17-9-7-15(8-10-17)22(29)28-21(23(30)27-18-4-3-11-25-14-18)12-16-13-26-20-6-2-1-5-19(16)20/h1-11,13-14,21,26H,12H2,(H,27,30)(H,28,29). The van der Waals surface area contributed by atoms with Crippen molar-refractivity contribution < 1.29 is 14.0 Å². The molecule has 3 N–H and O–H groups in total. The Labute approximate surface area is 172 Å². The molecule has 6 nitrogen and oxygen atoms in total. The van der Waals surface area contributed by atoms with Crippen LogP contribution in [0.5, 0.6) is 0 Å². The van der Waals surface area contributed by atoms with Crippen LogP contribution in [0.3, 0.4) is 0 Å². The molecule has 0 radical (unpaired) electrons. The van der Waals surface area contributed by atoms with E-state index in [4.69, 9.17) is 0 Å². The van der Waals surface area contributed by atoms with Gasteiger partial charge in [-0.2, -0.15) is 0 Å². The highest BCUT2D eigenvalue weighted by Gasteiger charge is 2.23. The molecule has 0 spiro atoms. The highest BCUT2D eigenvalue weighted by molar-refractivity contribution is 6.01. The van der Waals surface area contributed by atoms with E-state index in [1.807, 2.05) is 30.5 Å². The van der Waals surface area contributed by atoms with Crippen molar-refractivity contribution in [2.24, 2.45) is 0 Å². The van der Waals surface area contributed by atoms with Crippen LogP contribution in [-0.2, 0) is 11.2 Å². The van der Waals surface area contributed by atoms with Gasteiger partial charge in [-0.3, -0.25) is 14.6 Å². The zero-order chi connectivity index (χ0) is 20.9. The molecule has 2 aromatic carbocycles. The molecule has 1 unspecified atom stereocenters. The number of aromatic amines is 1. The van der Waals surface area contributed by atoms with Crippen molar-refractivity contribution in [3.8, 4) is 0 Å². The smallest absolute Gasteiger partial charge is 0.251 e. The van der Waals surface area contributed by atoms with Crippen LogP contribution in [0.2, 0.25) is 0 Å². The van der Waals surface area contributed by atoms with Crippen LogP contribution in [0.15, 0.2) is 79.3 Å². The number of para-hydroxylation sites is 1. The van der Waals surface area contributed by atoms with Crippen molar-refractivity contribution in [1.29, 1.82) is 0 Å². The number of carbonyl (C=O) groups is 2. The van der Waals surface area contributed by atoms with E-state index in [9.17, 15) is 14.0 Å². The molecule has 4 aromatic rings. The summed E-state index contributed by atoms with van der Waals surface area (Å²) < 4.78 is 13.2. The number of nitrogens with zero attached hydrogens (tertiary/aromatic N) is 1. The highest BCUT2D eigenvalue weighted by Crippen LogP contribution is 2.20. The van der Waals surface area contributed by atoms with Gasteiger partial charge in [0.2, 0.25) is 5.91 Å². The van der Waals surface area contributed by atoms with E-state index in [-0.39, 0.29) is 17.9 Å². The van der Waals surface area contributed by atoms with Gasteiger partial charge in [0, 0.05) is 35.3 Å². The average Bonchev–Trinajstić information content (AvgIpc) is 3.17. The van der Waals surface area contributed by atoms with E-state index in [1.165, 1.54) is 30.5 Å². The molecular formula is C23H19FN4O2. The fraction of sp³-hybridized carbons (Fsp3) is 0.0870. The van der Waals surface area contributed by atoms with Crippen LogP contribution >= 0.6 is 0 Å². The SMILES string of the molecule is O=C(NC(Cc1c[nH]c2ccccc12)C(=O)Nc1cccnc1)c1ccc(F)cc1. The summed E-state index contributed by atoms with van der Waals surface area (Å²) in [7, 11) is 0. The van der Waals surface area contributed by atoms with E-state index in [1.54, 1.807) is 18.3 Å². The minimum Gasteiger partial charge on any atom is -0.361 e. The topological polar surface area (TPSA) is 86.9 Å². The van der Waals surface area contributed by atoms with Crippen LogP contribution in [-0.4, -0.2) is 27.8 Å². The van der Waals surface area contributed by atoms with Gasteiger partial charge in [0.15, 0.2) is 0 Å². The molecule has 1 atom stereocenters. The Balaban J connectivity index is 1.59. The Hall–Kier alpha value is -4.00. The first-order chi connectivity index (χ1) is 14.6. The van der Waals surface area contributed by atoms with Gasteiger partial charge in [-0.25, -0.2) is 4.39 Å². The maximum Gasteiger partial charge on any atom is 0.251 e. The molecule has 30 heavy (non-hydrogen) atoms. The maximum atomic E-state index is 13.2. The molecule has 2 aromatic heterocycles. The molecule has 0 saturated heterocycles. The fourth-order valence-corrected chi connectivity index (χ4v) is 3.24. The monoisotopic (exact) mass is 402 g/mol. The van der Waals surface area contributed by atoms with E-state index in [0.29, 0.717) is 5.69 Å². The third kappa shape index (κ3) is 4.35. The molecule has 150 valence electrons. The molecule has 0 fully saturated rings. The first kappa shape index (κ1) is 19.3. The second-order valence-electron chi connectivity index (χ2n) is 6.83. The van der Waals surface area contributed by atoms with Crippen LogP contribution in [0.25, 0.3) is 10.9 Å². The molecule has 4 rings (SSSR count). The number of hydrogen-bond donors (Lipinski definition) is 3. The van der Waals surface area contributed by atoms with E-state index < -0.39 is 17.8 Å². The number of nitrogens with one attached hydrogen (secondary N) is 3. The number of benzene rings is 2. The van der Waals surface area contributed by atoms with Gasteiger partial charge in [-0.05, 0) is 48.0 Å². The predicted octanol–water partition coefficient (Wildman–Crippen LogP) is 3.68. The van der Waals surface area contributed by atoms with Crippen molar-refractivity contribution in [3.63, 3.8) is 0 Å². The number of pyridine rings is 1. The first-order valence-corrected chi connectivity index (χ1v) is 9.42. The number of fused-ring (bicyclic) bond motifs is 1. The van der Waals surface area contributed by atoms with Crippen molar-refractivity contribution in [3.05, 3.63) is 96.2 Å². The summed E-state index contributed by atoms with van der Waals surface area (Å²) in [4.78, 5) is 32.8. The molecule has 0 aliphatic rings. The van der Waals surface area contributed by atoms with Gasteiger partial charge in [-0.1, -0.05) is 18.2 Å². The second-order valence-corrected chi connectivity index (χ2v) is 6.83. The summed E-state index contributed by atoms with van der Waals surface area (Å²) >= 11 is 0. The summed E-state index contributed by atoms with van der Waals surface area (Å²) in [6.07, 6.45) is 5.25. The van der Waals surface area contributed by atoms with Crippen LogP contribution in [0.1, 0.15) is 15.9 Å². The predicted molar refractivity (Wildman–Crippen MR) is 113 cm³/mol. The quantitative estimate of drug-likeness (QED) is 0.460. The van der Waals surface area contributed by atoms with E-state index in [2.05, 4.69) is 20.6 Å². The lowest BCUT2D eigenvalue weighted by molar-refractivity contribution is -0.118. The summed E-state index contributed by atoms with van der Waals surface area (Å²) in [5, 5.41) is 6.53. The van der Waals surface area contributed by atoms with Gasteiger partial charge in [0.25, 0.3) is 5.91 Å². The average molecular weight is 402 g/mol. The Morgan fingerprint density at radius 1 is 1.03 bits per heavy atom. The summed E-state index contributed by atoms with van der Waals surface area (Å²) in [5.74, 6) is -1.26. The largest absolute Gasteiger partial charge is 0.361 e. The number of aromatic nitrogens is 2. The molecule has 2 heterocycles. The minimum atomic E-state index is -0.845. The van der Waals surface area contributed by atoms with Crippen molar-refractivity contribution in [2.75, 3.05) is 5.32 Å². The number of carbonyl (C=O) groups excluding carboxylic acids is 2. The lowest BCUT2D eigenvalue weighted by atomic mass is 10.0. The molecule has 2 amide bonds. The maximum absolute atomic E-state index is 13.2. The second kappa shape index (κ2) is 8.57. The zero-order valence-corrected chi connectivity index (χ0v) is 15.9. The Morgan fingerprint density at radius 2 is 1.83 bits per heavy atom. The molecule has 0 saturated carbocycles. The Morgan fingerprint density at radius 3 is 2.60 bits per heavy atom. The summed E-state index contributed by atoms with van der Waals surface area (Å²) in [6, 6.07) is 15.5. The number of hydrogen-bond acceptors (Lipinski definition) is 3. The third-order valence-corrected chi connectivity index (χ3v) is 4.76. The summed E-state index contributed by atoms with van der Waals surface area (Å²) in [5.41, 5.74) is 2.65. The third-order valence-electron chi connectivity index (χ3n) is 4.76. The highest BCUT2D eigenvalue weighted by atomic mass is 19.1. The van der Waals surface area contributed by atoms with Crippen molar-refractivity contribution in [1.82, 2.24) is 15.3 Å². The fourth-order valence-electron chi connectivity index (χ4n) is 3.24. The van der Waals surface area contributed by atoms with Crippen molar-refractivity contribution in [2.45, 2.75) is 12.5 Å². The van der Waals surface area contributed by atoms with Crippen LogP contribution in [0, 0.1) is 5.82 Å². The molecule has 0 aliphatic heterocycles. The summed E-state index contributed by atoms with van der Waals surface area (Å²) in [6.45, 7) is 0. The van der Waals surface area contributed by atoms with Crippen LogP contribution in [0.4, 0.5) is 10.1 Å². The van der Waals surface area contributed by atoms with Gasteiger partial charge in [0.05, 0.1) is 11.9 Å². The number of anilines is 1. The normalized spacial score (nSPS) is 11.8. The Bertz CT molecular complexity index is 1170. The number of halogens is 1. The molecule has 0 aliphatic carbocycles. The van der Waals surface area contributed by atoms with Crippen LogP contribution < -0.4 is 10.6 Å². The van der Waals surface area contributed by atoms with E-state index in [0.717, 1.165) is 16.5 Å². The Kier molecular flexibility index (Phi) is 5.52. The van der Waals surface area contributed by atoms with Gasteiger partial charge in [-0.15, -0.1) is 0 Å². The minimum absolute atomic E-state index is 0.273. The molecule has 7 heteroatoms. The molecule has 0 bridgehead atoms. The lowest BCUT2D eigenvalue weighted by Gasteiger charge is -2.18. The first-order valence-electron chi connectivity index (χ1n) is 9.42. The van der Waals surface area contributed by atoms with E-state index >= 15 is 0 Å². The zero-order valence-electron chi connectivity index (χ0n) is 15.9. The van der Waals surface area contributed by atoms with Gasteiger partial charge >= 0.3 is 0 Å². The lowest BCUT2D eigenvalue weighted by Crippen LogP contribution is -2.45. The number of H-pyrrole nitrogens is 1. The number of rotatable bonds is 6. The molecular weight excluding hydrogens is 383 g/mol. The van der Waals surface area contributed by atoms with Gasteiger partial charge < -0.3 is 15.6 Å². The van der Waals surface area contributed by atoms with Gasteiger partial charge in [0.1, 0.15) is 11.9 Å². The van der Waals surface area contributed by atoms with Crippen molar-refractivity contribution >= 4 is 28.4 Å². The number of amides is 2.